The summed E-state index contributed by atoms with van der Waals surface area (Å²) in [6, 6.07) is 2.16. The van der Waals surface area contributed by atoms with Crippen LogP contribution in [0.1, 0.15) is 31.7 Å². The smallest absolute Gasteiger partial charge is 0.0597 e. The highest BCUT2D eigenvalue weighted by Gasteiger charge is 2.03. The Morgan fingerprint density at radius 3 is 2.94 bits per heavy atom. The zero-order valence-corrected chi connectivity index (χ0v) is 11.6. The maximum absolute atomic E-state index is 4.43. The Labute approximate surface area is 103 Å². The Bertz CT molecular complexity index is 309. The van der Waals surface area contributed by atoms with E-state index in [4.69, 9.17) is 0 Å². The summed E-state index contributed by atoms with van der Waals surface area (Å²) in [4.78, 5) is 0. The monoisotopic (exact) mass is 241 g/mol. The van der Waals surface area contributed by atoms with Crippen molar-refractivity contribution in [1.29, 1.82) is 0 Å². The van der Waals surface area contributed by atoms with Crippen LogP contribution in [0.15, 0.2) is 6.07 Å². The Morgan fingerprint density at radius 1 is 1.56 bits per heavy atom. The number of aryl methyl sites for hydroxylation is 2. The second-order valence-electron chi connectivity index (χ2n) is 4.10. The van der Waals surface area contributed by atoms with Crippen LogP contribution in [0.4, 0.5) is 0 Å². The molecule has 0 aliphatic rings. The molecule has 1 rings (SSSR count). The van der Waals surface area contributed by atoms with Crippen LogP contribution in [0, 0.1) is 6.92 Å². The van der Waals surface area contributed by atoms with Gasteiger partial charge in [-0.3, -0.25) is 4.68 Å². The first kappa shape index (κ1) is 13.6. The molecule has 0 fully saturated rings. The third kappa shape index (κ3) is 4.18. The van der Waals surface area contributed by atoms with Gasteiger partial charge < -0.3 is 5.32 Å². The molecule has 1 heterocycles. The van der Waals surface area contributed by atoms with Gasteiger partial charge in [0, 0.05) is 18.3 Å². The van der Waals surface area contributed by atoms with Gasteiger partial charge in [0.05, 0.1) is 11.4 Å². The number of aromatic nitrogens is 2. The highest BCUT2D eigenvalue weighted by Crippen LogP contribution is 2.08. The molecule has 3 nitrogen and oxygen atoms in total. The summed E-state index contributed by atoms with van der Waals surface area (Å²) in [6.07, 6.45) is 3.39. The largest absolute Gasteiger partial charge is 0.311 e. The molecule has 0 aliphatic heterocycles. The number of nitrogens with one attached hydrogen (secondary N) is 1. The quantitative estimate of drug-likeness (QED) is 0.744. The third-order valence-electron chi connectivity index (χ3n) is 2.72. The van der Waals surface area contributed by atoms with E-state index >= 15 is 0 Å². The molecule has 1 atom stereocenters. The first-order valence-electron chi connectivity index (χ1n) is 5.94. The lowest BCUT2D eigenvalue weighted by Gasteiger charge is -2.09. The van der Waals surface area contributed by atoms with Crippen LogP contribution in [-0.2, 0) is 13.1 Å². The van der Waals surface area contributed by atoms with Crippen LogP contribution in [0.5, 0.6) is 0 Å². The summed E-state index contributed by atoms with van der Waals surface area (Å²) >= 11 is 1.93. The second kappa shape index (κ2) is 6.97. The highest BCUT2D eigenvalue weighted by atomic mass is 32.2. The molecular formula is C12H23N3S. The Kier molecular flexibility index (Phi) is 5.91. The van der Waals surface area contributed by atoms with Crippen molar-refractivity contribution >= 4 is 11.8 Å². The Morgan fingerprint density at radius 2 is 2.31 bits per heavy atom. The second-order valence-corrected chi connectivity index (χ2v) is 5.38. The fourth-order valence-electron chi connectivity index (χ4n) is 1.65. The lowest BCUT2D eigenvalue weighted by atomic mass is 10.3. The van der Waals surface area contributed by atoms with E-state index < -0.39 is 0 Å². The number of rotatable bonds is 7. The van der Waals surface area contributed by atoms with E-state index in [0.717, 1.165) is 30.6 Å². The highest BCUT2D eigenvalue weighted by molar-refractivity contribution is 7.99. The lowest BCUT2D eigenvalue weighted by molar-refractivity contribution is 0.571. The Hall–Kier alpha value is -0.480. The summed E-state index contributed by atoms with van der Waals surface area (Å²) < 4.78 is 2.07. The number of hydrogen-bond donors (Lipinski definition) is 1. The van der Waals surface area contributed by atoms with Crippen molar-refractivity contribution in [3.05, 3.63) is 17.5 Å². The molecule has 0 aromatic carbocycles. The van der Waals surface area contributed by atoms with Crippen molar-refractivity contribution in [2.24, 2.45) is 0 Å². The molecule has 1 N–H and O–H groups in total. The van der Waals surface area contributed by atoms with Gasteiger partial charge in [-0.05, 0) is 39.1 Å². The summed E-state index contributed by atoms with van der Waals surface area (Å²) in [6.45, 7) is 9.40. The van der Waals surface area contributed by atoms with Gasteiger partial charge in [0.2, 0.25) is 0 Å². The van der Waals surface area contributed by atoms with Gasteiger partial charge in [0.15, 0.2) is 0 Å². The minimum Gasteiger partial charge on any atom is -0.311 e. The molecule has 16 heavy (non-hydrogen) atoms. The molecule has 92 valence electrons. The summed E-state index contributed by atoms with van der Waals surface area (Å²) in [5.41, 5.74) is 2.40. The van der Waals surface area contributed by atoms with Gasteiger partial charge in [0.1, 0.15) is 0 Å². The van der Waals surface area contributed by atoms with Crippen LogP contribution >= 0.6 is 11.8 Å². The number of hydrogen-bond acceptors (Lipinski definition) is 3. The summed E-state index contributed by atoms with van der Waals surface area (Å²) in [7, 11) is 0. The molecule has 0 spiro atoms. The van der Waals surface area contributed by atoms with Gasteiger partial charge in [-0.15, -0.1) is 0 Å². The van der Waals surface area contributed by atoms with E-state index in [1.54, 1.807) is 0 Å². The van der Waals surface area contributed by atoms with E-state index in [0.29, 0.717) is 0 Å². The van der Waals surface area contributed by atoms with Gasteiger partial charge in [-0.1, -0.05) is 6.92 Å². The minimum absolute atomic E-state index is 0.741. The van der Waals surface area contributed by atoms with Crippen LogP contribution < -0.4 is 5.32 Å². The van der Waals surface area contributed by atoms with Crippen molar-refractivity contribution in [3.63, 3.8) is 0 Å². The van der Waals surface area contributed by atoms with Crippen LogP contribution in [-0.4, -0.2) is 27.8 Å². The summed E-state index contributed by atoms with van der Waals surface area (Å²) in [5.74, 6) is 0. The molecular weight excluding hydrogens is 218 g/mol. The number of nitrogens with zero attached hydrogens (tertiary/aromatic N) is 2. The van der Waals surface area contributed by atoms with Gasteiger partial charge in [-0.2, -0.15) is 16.9 Å². The van der Waals surface area contributed by atoms with Crippen molar-refractivity contribution in [2.45, 2.75) is 45.5 Å². The lowest BCUT2D eigenvalue weighted by Crippen LogP contribution is -2.19. The SMILES string of the molecule is CCn1nc(C)cc1CNCCC(C)SC. The normalized spacial score (nSPS) is 13.0. The minimum atomic E-state index is 0.741. The molecule has 1 aromatic heterocycles. The first-order valence-corrected chi connectivity index (χ1v) is 7.23. The first-order chi connectivity index (χ1) is 7.67. The van der Waals surface area contributed by atoms with E-state index in [2.05, 4.69) is 41.3 Å². The molecule has 1 aromatic rings. The molecule has 0 saturated heterocycles. The van der Waals surface area contributed by atoms with Crippen LogP contribution in [0.3, 0.4) is 0 Å². The average Bonchev–Trinajstić information content (AvgIpc) is 2.64. The van der Waals surface area contributed by atoms with E-state index in [1.165, 1.54) is 12.1 Å². The topological polar surface area (TPSA) is 29.9 Å². The maximum atomic E-state index is 4.43. The van der Waals surface area contributed by atoms with E-state index in [-0.39, 0.29) is 0 Å². The van der Waals surface area contributed by atoms with E-state index in [9.17, 15) is 0 Å². The Balaban J connectivity index is 2.31. The molecule has 0 amide bonds. The standard InChI is InChI=1S/C12H23N3S/c1-5-15-12(8-10(2)14-15)9-13-7-6-11(3)16-4/h8,11,13H,5-7,9H2,1-4H3. The fourth-order valence-corrected chi connectivity index (χ4v) is 2.01. The molecule has 0 saturated carbocycles. The summed E-state index contributed by atoms with van der Waals surface area (Å²) in [5, 5.41) is 8.65. The molecule has 0 aliphatic carbocycles. The molecule has 0 bridgehead atoms. The van der Waals surface area contributed by atoms with Gasteiger partial charge in [0.25, 0.3) is 0 Å². The van der Waals surface area contributed by atoms with Gasteiger partial charge in [-0.25, -0.2) is 0 Å². The molecule has 4 heteroatoms. The third-order valence-corrected chi connectivity index (χ3v) is 3.76. The van der Waals surface area contributed by atoms with E-state index in [1.807, 2.05) is 18.7 Å². The predicted molar refractivity (Wildman–Crippen MR) is 71.9 cm³/mol. The van der Waals surface area contributed by atoms with Crippen LogP contribution in [0.25, 0.3) is 0 Å². The maximum Gasteiger partial charge on any atom is 0.0597 e. The van der Waals surface area contributed by atoms with Crippen LogP contribution in [0.2, 0.25) is 0 Å². The zero-order valence-electron chi connectivity index (χ0n) is 10.8. The van der Waals surface area contributed by atoms with Crippen molar-refractivity contribution in [3.8, 4) is 0 Å². The molecule has 1 unspecified atom stereocenters. The van der Waals surface area contributed by atoms with Crippen molar-refractivity contribution in [2.75, 3.05) is 12.8 Å². The average molecular weight is 241 g/mol. The predicted octanol–water partition coefficient (Wildman–Crippen LogP) is 2.44. The zero-order chi connectivity index (χ0) is 12.0. The fraction of sp³-hybridized carbons (Fsp3) is 0.750. The van der Waals surface area contributed by atoms with Crippen molar-refractivity contribution < 1.29 is 0 Å². The number of thioether (sulfide) groups is 1. The van der Waals surface area contributed by atoms with Crippen molar-refractivity contribution in [1.82, 2.24) is 15.1 Å². The van der Waals surface area contributed by atoms with Gasteiger partial charge >= 0.3 is 0 Å². The molecule has 0 radical (unpaired) electrons.